The van der Waals surface area contributed by atoms with Crippen LogP contribution in [0.1, 0.15) is 26.2 Å². The molecule has 2 fully saturated rings. The molecule has 2 aliphatic heterocycles. The Morgan fingerprint density at radius 2 is 1.92 bits per heavy atom. The topological polar surface area (TPSA) is 87.2 Å². The number of amides is 2. The summed E-state index contributed by atoms with van der Waals surface area (Å²) in [6.07, 6.45) is 2.46. The first kappa shape index (κ1) is 18.8. The Bertz CT molecular complexity index is 592. The number of hydrogen-bond donors (Lipinski definition) is 1. The molecule has 2 atom stereocenters. The Kier molecular flexibility index (Phi) is 6.80. The summed E-state index contributed by atoms with van der Waals surface area (Å²) in [5.41, 5.74) is 0. The summed E-state index contributed by atoms with van der Waals surface area (Å²) in [6.45, 7) is 3.42. The van der Waals surface area contributed by atoms with Gasteiger partial charge in [0, 0.05) is 13.1 Å². The summed E-state index contributed by atoms with van der Waals surface area (Å²) in [5, 5.41) is 6.89. The molecular weight excluding hydrogens is 324 g/mol. The maximum atomic E-state index is 12.5. The van der Waals surface area contributed by atoms with Gasteiger partial charge in [0.15, 0.2) is 0 Å². The molecule has 2 amide bonds. The third-order valence-corrected chi connectivity index (χ3v) is 4.48. The average molecular weight is 348 g/mol. The van der Waals surface area contributed by atoms with E-state index in [-0.39, 0.29) is 30.4 Å². The molecule has 0 radical (unpaired) electrons. The van der Waals surface area contributed by atoms with Gasteiger partial charge in [0.2, 0.25) is 11.8 Å². The molecular formula is C18H24N2O5. The lowest BCUT2D eigenvalue weighted by molar-refractivity contribution is -0.158. The molecule has 0 spiro atoms. The van der Waals surface area contributed by atoms with Crippen molar-refractivity contribution in [2.24, 2.45) is 0 Å². The van der Waals surface area contributed by atoms with Crippen molar-refractivity contribution in [1.82, 2.24) is 9.80 Å². The summed E-state index contributed by atoms with van der Waals surface area (Å²) in [6, 6.07) is 9.05. The predicted molar refractivity (Wildman–Crippen MR) is 91.2 cm³/mol. The molecule has 0 unspecified atom stereocenters. The van der Waals surface area contributed by atoms with E-state index in [4.69, 9.17) is 14.6 Å². The molecule has 2 saturated heterocycles. The molecule has 7 nitrogen and oxygen atoms in total. The first-order valence-electron chi connectivity index (χ1n) is 8.46. The van der Waals surface area contributed by atoms with Gasteiger partial charge in [0.1, 0.15) is 17.8 Å². The minimum atomic E-state index is -0.349. The van der Waals surface area contributed by atoms with Crippen molar-refractivity contribution >= 4 is 18.3 Å². The number of nitrogens with zero attached hydrogens (tertiary/aromatic N) is 2. The number of carboxylic acid groups (broad SMARTS) is 1. The van der Waals surface area contributed by atoms with E-state index in [9.17, 15) is 9.59 Å². The standard InChI is InChI=1S/C17H22N2O3.CH2O2/c1-13-16(20)19-10-5-9-15(19)17(21)18(13)11-6-12-22-14-7-3-2-4-8-14;2-1-3/h2-4,7-8,13,15H,5-6,9-12H2,1H3;1H,(H,2,3)/t13-,15+;/m0./s1. The Balaban J connectivity index is 0.000000701. The summed E-state index contributed by atoms with van der Waals surface area (Å²) in [4.78, 5) is 36.7. The van der Waals surface area contributed by atoms with E-state index in [0.29, 0.717) is 13.2 Å². The highest BCUT2D eigenvalue weighted by Crippen LogP contribution is 2.26. The van der Waals surface area contributed by atoms with E-state index < -0.39 is 0 Å². The average Bonchev–Trinajstić information content (AvgIpc) is 3.11. The van der Waals surface area contributed by atoms with Gasteiger partial charge in [0.05, 0.1) is 6.61 Å². The molecule has 1 aromatic rings. The fraction of sp³-hybridized carbons (Fsp3) is 0.500. The van der Waals surface area contributed by atoms with Crippen LogP contribution in [0.15, 0.2) is 30.3 Å². The van der Waals surface area contributed by atoms with Crippen molar-refractivity contribution in [2.45, 2.75) is 38.3 Å². The zero-order valence-electron chi connectivity index (χ0n) is 14.3. The van der Waals surface area contributed by atoms with Crippen molar-refractivity contribution in [2.75, 3.05) is 19.7 Å². The van der Waals surface area contributed by atoms with Gasteiger partial charge in [-0.2, -0.15) is 0 Å². The van der Waals surface area contributed by atoms with E-state index in [0.717, 1.165) is 31.6 Å². The summed E-state index contributed by atoms with van der Waals surface area (Å²) < 4.78 is 5.65. The Morgan fingerprint density at radius 3 is 2.60 bits per heavy atom. The normalized spacial score (nSPS) is 22.1. The van der Waals surface area contributed by atoms with Crippen molar-refractivity contribution in [3.8, 4) is 5.75 Å². The van der Waals surface area contributed by atoms with E-state index in [1.165, 1.54) is 0 Å². The van der Waals surface area contributed by atoms with Crippen LogP contribution in [0.25, 0.3) is 0 Å². The number of ether oxygens (including phenoxy) is 1. The van der Waals surface area contributed by atoms with E-state index >= 15 is 0 Å². The number of carbonyl (C=O) groups excluding carboxylic acids is 2. The van der Waals surface area contributed by atoms with Crippen molar-refractivity contribution in [3.05, 3.63) is 30.3 Å². The first-order valence-corrected chi connectivity index (χ1v) is 8.46. The summed E-state index contributed by atoms with van der Waals surface area (Å²) in [5.74, 6) is 1.02. The highest BCUT2D eigenvalue weighted by atomic mass is 16.5. The SMILES string of the molecule is C[C@H]1C(=O)N2CCC[C@@H]2C(=O)N1CCCOc1ccccc1.O=CO. The Morgan fingerprint density at radius 1 is 1.24 bits per heavy atom. The number of fused-ring (bicyclic) bond motifs is 1. The molecule has 136 valence electrons. The maximum absolute atomic E-state index is 12.5. The van der Waals surface area contributed by atoms with Crippen LogP contribution in [0.5, 0.6) is 5.75 Å². The fourth-order valence-electron chi connectivity index (χ4n) is 3.29. The monoisotopic (exact) mass is 348 g/mol. The van der Waals surface area contributed by atoms with E-state index in [1.807, 2.05) is 37.3 Å². The van der Waals surface area contributed by atoms with Crippen LogP contribution in [-0.4, -0.2) is 65.0 Å². The van der Waals surface area contributed by atoms with Crippen LogP contribution in [0.3, 0.4) is 0 Å². The third-order valence-electron chi connectivity index (χ3n) is 4.48. The van der Waals surface area contributed by atoms with Crippen molar-refractivity contribution < 1.29 is 24.2 Å². The first-order chi connectivity index (χ1) is 12.1. The van der Waals surface area contributed by atoms with Crippen molar-refractivity contribution in [3.63, 3.8) is 0 Å². The van der Waals surface area contributed by atoms with Crippen LogP contribution in [0, 0.1) is 0 Å². The number of piperazine rings is 1. The van der Waals surface area contributed by atoms with Crippen LogP contribution >= 0.6 is 0 Å². The second kappa shape index (κ2) is 9.05. The van der Waals surface area contributed by atoms with Gasteiger partial charge in [-0.1, -0.05) is 18.2 Å². The van der Waals surface area contributed by atoms with Crippen LogP contribution in [0.4, 0.5) is 0 Å². The largest absolute Gasteiger partial charge is 0.494 e. The maximum Gasteiger partial charge on any atom is 0.290 e. The Hall–Kier alpha value is -2.57. The summed E-state index contributed by atoms with van der Waals surface area (Å²) in [7, 11) is 0. The third kappa shape index (κ3) is 4.49. The van der Waals surface area contributed by atoms with Gasteiger partial charge in [-0.15, -0.1) is 0 Å². The van der Waals surface area contributed by atoms with Gasteiger partial charge in [-0.3, -0.25) is 14.4 Å². The summed E-state index contributed by atoms with van der Waals surface area (Å²) >= 11 is 0. The highest BCUT2D eigenvalue weighted by molar-refractivity contribution is 5.97. The molecule has 7 heteroatoms. The second-order valence-corrected chi connectivity index (χ2v) is 6.02. The van der Waals surface area contributed by atoms with Crippen LogP contribution < -0.4 is 4.74 Å². The number of carbonyl (C=O) groups is 3. The van der Waals surface area contributed by atoms with Gasteiger partial charge >= 0.3 is 0 Å². The lowest BCUT2D eigenvalue weighted by Crippen LogP contribution is -2.61. The van der Waals surface area contributed by atoms with Gasteiger partial charge in [0.25, 0.3) is 6.47 Å². The van der Waals surface area contributed by atoms with E-state index in [2.05, 4.69) is 0 Å². The predicted octanol–water partition coefficient (Wildman–Crippen LogP) is 1.38. The minimum Gasteiger partial charge on any atom is -0.494 e. The molecule has 1 aromatic carbocycles. The van der Waals surface area contributed by atoms with Crippen LogP contribution in [-0.2, 0) is 14.4 Å². The Labute approximate surface area is 147 Å². The number of rotatable bonds is 5. The molecule has 2 heterocycles. The molecule has 25 heavy (non-hydrogen) atoms. The molecule has 0 aliphatic carbocycles. The highest BCUT2D eigenvalue weighted by Gasteiger charge is 2.45. The van der Waals surface area contributed by atoms with Gasteiger partial charge in [-0.05, 0) is 38.3 Å². The quantitative estimate of drug-likeness (QED) is 0.642. The molecule has 0 aromatic heterocycles. The lowest BCUT2D eigenvalue weighted by Gasteiger charge is -2.40. The molecule has 2 aliphatic rings. The van der Waals surface area contributed by atoms with Gasteiger partial charge < -0.3 is 19.6 Å². The zero-order valence-corrected chi connectivity index (χ0v) is 14.3. The molecule has 3 rings (SSSR count). The number of para-hydroxylation sites is 1. The molecule has 0 saturated carbocycles. The lowest BCUT2D eigenvalue weighted by atomic mass is 10.1. The molecule has 0 bridgehead atoms. The minimum absolute atomic E-state index is 0.0890. The zero-order chi connectivity index (χ0) is 18.2. The number of benzene rings is 1. The fourth-order valence-corrected chi connectivity index (χ4v) is 3.29. The van der Waals surface area contributed by atoms with E-state index in [1.54, 1.807) is 9.80 Å². The number of hydrogen-bond acceptors (Lipinski definition) is 4. The van der Waals surface area contributed by atoms with Gasteiger partial charge in [-0.25, -0.2) is 0 Å². The van der Waals surface area contributed by atoms with Crippen molar-refractivity contribution in [1.29, 1.82) is 0 Å². The second-order valence-electron chi connectivity index (χ2n) is 6.02. The van der Waals surface area contributed by atoms with Crippen LogP contribution in [0.2, 0.25) is 0 Å². The molecule has 1 N–H and O–H groups in total. The smallest absolute Gasteiger partial charge is 0.290 e.